The van der Waals surface area contributed by atoms with Crippen LogP contribution in [0.25, 0.3) is 10.9 Å². The van der Waals surface area contributed by atoms with Crippen LogP contribution in [0, 0.1) is 5.92 Å². The molecule has 0 spiro atoms. The van der Waals surface area contributed by atoms with Crippen molar-refractivity contribution < 1.29 is 4.79 Å². The molecule has 5 heteroatoms. The van der Waals surface area contributed by atoms with Crippen molar-refractivity contribution in [1.29, 1.82) is 0 Å². The number of aromatic nitrogens is 1. The number of nitrogens with one attached hydrogen (secondary N) is 1. The van der Waals surface area contributed by atoms with Gasteiger partial charge in [-0.1, -0.05) is 24.3 Å². The van der Waals surface area contributed by atoms with Crippen LogP contribution in [0.15, 0.2) is 64.3 Å². The number of piperidine rings is 1. The van der Waals surface area contributed by atoms with E-state index in [1.54, 1.807) is 17.8 Å². The van der Waals surface area contributed by atoms with E-state index in [0.717, 1.165) is 42.7 Å². The molecule has 4 rings (SSSR count). The number of pyridine rings is 1. The summed E-state index contributed by atoms with van der Waals surface area (Å²) in [5, 5.41) is 0.714. The number of para-hydroxylation sites is 1. The van der Waals surface area contributed by atoms with Gasteiger partial charge in [-0.3, -0.25) is 14.5 Å². The van der Waals surface area contributed by atoms with Gasteiger partial charge in [-0.2, -0.15) is 0 Å². The number of carbonyl (C=O) groups excluding carboxylic acids is 1. The Kier molecular flexibility index (Phi) is 5.64. The number of H-pyrrole nitrogens is 1. The summed E-state index contributed by atoms with van der Waals surface area (Å²) < 4.78 is 0. The highest BCUT2D eigenvalue weighted by Crippen LogP contribution is 2.23. The Hall–Kier alpha value is -2.37. The Morgan fingerprint density at radius 2 is 1.96 bits per heavy atom. The lowest BCUT2D eigenvalue weighted by atomic mass is 9.90. The molecule has 3 aromatic rings. The van der Waals surface area contributed by atoms with Crippen LogP contribution in [-0.4, -0.2) is 35.0 Å². The number of fused-ring (bicyclic) bond motifs is 1. The van der Waals surface area contributed by atoms with Gasteiger partial charge in [-0.05, 0) is 49.9 Å². The third kappa shape index (κ3) is 4.05. The molecule has 0 radical (unpaired) electrons. The van der Waals surface area contributed by atoms with Crippen molar-refractivity contribution in [2.75, 3.05) is 19.3 Å². The van der Waals surface area contributed by atoms with Crippen LogP contribution < -0.4 is 5.43 Å². The molecule has 1 fully saturated rings. The number of hydrogen-bond acceptors (Lipinski definition) is 4. The van der Waals surface area contributed by atoms with Crippen molar-refractivity contribution in [3.63, 3.8) is 0 Å². The second-order valence-corrected chi connectivity index (χ2v) is 8.25. The zero-order valence-electron chi connectivity index (χ0n) is 16.0. The van der Waals surface area contributed by atoms with E-state index < -0.39 is 0 Å². The Bertz CT molecular complexity index is 1040. The number of carbonyl (C=O) groups is 1. The summed E-state index contributed by atoms with van der Waals surface area (Å²) >= 11 is 1.68. The summed E-state index contributed by atoms with van der Waals surface area (Å²) in [6.07, 6.45) is 3.96. The van der Waals surface area contributed by atoms with Crippen molar-refractivity contribution in [3.8, 4) is 0 Å². The largest absolute Gasteiger partial charge is 0.357 e. The fourth-order valence-electron chi connectivity index (χ4n) is 3.98. The molecule has 0 aliphatic carbocycles. The molecule has 28 heavy (non-hydrogen) atoms. The van der Waals surface area contributed by atoms with Gasteiger partial charge in [0, 0.05) is 52.1 Å². The third-order valence-corrected chi connectivity index (χ3v) is 6.18. The molecule has 1 saturated heterocycles. The third-order valence-electron chi connectivity index (χ3n) is 5.44. The van der Waals surface area contributed by atoms with Gasteiger partial charge < -0.3 is 4.98 Å². The lowest BCUT2D eigenvalue weighted by molar-refractivity contribution is 0.0810. The molecule has 4 nitrogen and oxygen atoms in total. The van der Waals surface area contributed by atoms with Crippen LogP contribution >= 0.6 is 11.8 Å². The highest BCUT2D eigenvalue weighted by molar-refractivity contribution is 7.98. The average molecular weight is 393 g/mol. The van der Waals surface area contributed by atoms with E-state index in [-0.39, 0.29) is 17.1 Å². The van der Waals surface area contributed by atoms with Crippen LogP contribution in [0.3, 0.4) is 0 Å². The lowest BCUT2D eigenvalue weighted by Gasteiger charge is -2.32. The first-order valence-electron chi connectivity index (χ1n) is 9.65. The van der Waals surface area contributed by atoms with Crippen molar-refractivity contribution >= 4 is 28.4 Å². The second kappa shape index (κ2) is 8.33. The van der Waals surface area contributed by atoms with E-state index in [4.69, 9.17) is 0 Å². The normalized spacial score (nSPS) is 17.7. The minimum atomic E-state index is 0.0149. The van der Waals surface area contributed by atoms with Gasteiger partial charge in [0.1, 0.15) is 0 Å². The lowest BCUT2D eigenvalue weighted by Crippen LogP contribution is -2.38. The zero-order chi connectivity index (χ0) is 19.5. The van der Waals surface area contributed by atoms with E-state index in [9.17, 15) is 9.59 Å². The van der Waals surface area contributed by atoms with Crippen LogP contribution in [-0.2, 0) is 6.54 Å². The van der Waals surface area contributed by atoms with Gasteiger partial charge in [0.15, 0.2) is 11.2 Å². The molecule has 144 valence electrons. The maximum absolute atomic E-state index is 12.9. The summed E-state index contributed by atoms with van der Waals surface area (Å²) in [4.78, 5) is 32.1. The summed E-state index contributed by atoms with van der Waals surface area (Å²) in [5.41, 5.74) is 2.61. The Balaban J connectivity index is 1.48. The fraction of sp³-hybridized carbons (Fsp3) is 0.304. The van der Waals surface area contributed by atoms with Gasteiger partial charge in [-0.25, -0.2) is 0 Å². The smallest absolute Gasteiger partial charge is 0.189 e. The number of nitrogens with zero attached hydrogens (tertiary/aromatic N) is 1. The number of hydrogen-bond donors (Lipinski definition) is 1. The first kappa shape index (κ1) is 19.0. The van der Waals surface area contributed by atoms with Crippen LogP contribution in [0.5, 0.6) is 0 Å². The van der Waals surface area contributed by atoms with E-state index in [1.165, 1.54) is 4.90 Å². The predicted molar refractivity (Wildman–Crippen MR) is 115 cm³/mol. The molecule has 1 unspecified atom stereocenters. The summed E-state index contributed by atoms with van der Waals surface area (Å²) in [7, 11) is 0. The van der Waals surface area contributed by atoms with Gasteiger partial charge in [0.2, 0.25) is 0 Å². The average Bonchev–Trinajstić information content (AvgIpc) is 2.73. The van der Waals surface area contributed by atoms with Gasteiger partial charge in [-0.15, -0.1) is 11.8 Å². The minimum Gasteiger partial charge on any atom is -0.357 e. The van der Waals surface area contributed by atoms with Gasteiger partial charge >= 0.3 is 0 Å². The molecule has 1 aliphatic heterocycles. The highest BCUT2D eigenvalue weighted by atomic mass is 32.2. The number of benzene rings is 2. The fourth-order valence-corrected chi connectivity index (χ4v) is 4.39. The molecule has 1 aliphatic rings. The standard InChI is InChI=1S/C23H24N2O2S/c1-28-19-10-8-16(9-11-19)23(27)17-5-4-12-25(14-17)15-18-13-22(26)20-6-2-3-7-21(20)24-18/h2-3,6-11,13,17H,4-5,12,14-15H2,1H3,(H,24,26). The van der Waals surface area contributed by atoms with Crippen molar-refractivity contribution in [1.82, 2.24) is 9.88 Å². The molecule has 2 aromatic carbocycles. The SMILES string of the molecule is CSc1ccc(C(=O)C2CCCN(Cc3cc(=O)c4ccccc4[nH]3)C2)cc1. The Morgan fingerprint density at radius 1 is 1.18 bits per heavy atom. The molecular formula is C23H24N2O2S. The number of likely N-dealkylation sites (tertiary alicyclic amines) is 1. The quantitative estimate of drug-likeness (QED) is 0.518. The Labute approximate surface area is 169 Å². The highest BCUT2D eigenvalue weighted by Gasteiger charge is 2.26. The topological polar surface area (TPSA) is 53.2 Å². The van der Waals surface area contributed by atoms with Crippen molar-refractivity contribution in [2.45, 2.75) is 24.3 Å². The number of aromatic amines is 1. The second-order valence-electron chi connectivity index (χ2n) is 7.37. The summed E-state index contributed by atoms with van der Waals surface area (Å²) in [6, 6.07) is 17.2. The first-order valence-corrected chi connectivity index (χ1v) is 10.9. The van der Waals surface area contributed by atoms with Crippen LogP contribution in [0.2, 0.25) is 0 Å². The minimum absolute atomic E-state index is 0.0149. The maximum Gasteiger partial charge on any atom is 0.189 e. The predicted octanol–water partition coefficient (Wildman–Crippen LogP) is 4.34. The molecule has 1 atom stereocenters. The number of rotatable bonds is 5. The van der Waals surface area contributed by atoms with E-state index >= 15 is 0 Å². The number of ketones is 1. The van der Waals surface area contributed by atoms with Crippen LogP contribution in [0.4, 0.5) is 0 Å². The molecular weight excluding hydrogens is 368 g/mol. The van der Waals surface area contributed by atoms with Crippen molar-refractivity contribution in [3.05, 3.63) is 76.1 Å². The molecule has 0 amide bonds. The molecule has 2 heterocycles. The summed E-state index contributed by atoms with van der Waals surface area (Å²) in [5.74, 6) is 0.241. The van der Waals surface area contributed by atoms with Gasteiger partial charge in [0.25, 0.3) is 0 Å². The Morgan fingerprint density at radius 3 is 2.75 bits per heavy atom. The summed E-state index contributed by atoms with van der Waals surface area (Å²) in [6.45, 7) is 2.34. The van der Waals surface area contributed by atoms with E-state index in [1.807, 2.05) is 54.8 Å². The van der Waals surface area contributed by atoms with Crippen LogP contribution in [0.1, 0.15) is 28.9 Å². The monoisotopic (exact) mass is 392 g/mol. The molecule has 0 saturated carbocycles. The maximum atomic E-state index is 12.9. The first-order chi connectivity index (χ1) is 13.6. The van der Waals surface area contributed by atoms with E-state index in [2.05, 4.69) is 9.88 Å². The van der Waals surface area contributed by atoms with E-state index in [0.29, 0.717) is 11.9 Å². The molecule has 1 N–H and O–H groups in total. The molecule has 0 bridgehead atoms. The van der Waals surface area contributed by atoms with Crippen molar-refractivity contribution in [2.24, 2.45) is 5.92 Å². The van der Waals surface area contributed by atoms with Gasteiger partial charge in [0.05, 0.1) is 0 Å². The number of Topliss-reactive ketones (excluding diaryl/α,β-unsaturated/α-hetero) is 1. The molecule has 1 aromatic heterocycles. The zero-order valence-corrected chi connectivity index (χ0v) is 16.8. The number of thioether (sulfide) groups is 1.